The monoisotopic (exact) mass is 366 g/mol. The normalized spacial score (nSPS) is 11.0. The summed E-state index contributed by atoms with van der Waals surface area (Å²) < 4.78 is 0. The number of aromatic hydroxyl groups is 1. The lowest BCUT2D eigenvalue weighted by Gasteiger charge is -2.06. The van der Waals surface area contributed by atoms with E-state index in [1.165, 1.54) is 18.2 Å². The standard InChI is InChI=1S/C16H9Cl3N2O2/c17-11-1-3-13(4-2-11)21-16(23)10(8-20)5-9-6-12(18)7-14(19)15(9)22/h1-7,22H,(H,21,23). The van der Waals surface area contributed by atoms with Crippen molar-refractivity contribution in [3.63, 3.8) is 0 Å². The van der Waals surface area contributed by atoms with Crippen LogP contribution in [0.25, 0.3) is 6.08 Å². The molecular formula is C16H9Cl3N2O2. The third kappa shape index (κ3) is 4.40. The van der Waals surface area contributed by atoms with E-state index in [1.807, 2.05) is 0 Å². The predicted octanol–water partition coefficient (Wildman–Crippen LogP) is 4.90. The highest BCUT2D eigenvalue weighted by Crippen LogP contribution is 2.32. The van der Waals surface area contributed by atoms with Crippen LogP contribution in [0.5, 0.6) is 5.75 Å². The number of phenols is 1. The number of halogens is 3. The average Bonchev–Trinajstić information content (AvgIpc) is 2.51. The molecular weight excluding hydrogens is 359 g/mol. The van der Waals surface area contributed by atoms with E-state index in [9.17, 15) is 9.90 Å². The molecule has 116 valence electrons. The number of amides is 1. The van der Waals surface area contributed by atoms with Gasteiger partial charge < -0.3 is 10.4 Å². The average molecular weight is 368 g/mol. The lowest BCUT2D eigenvalue weighted by atomic mass is 10.1. The van der Waals surface area contributed by atoms with E-state index in [0.717, 1.165) is 0 Å². The summed E-state index contributed by atoms with van der Waals surface area (Å²) >= 11 is 17.4. The molecule has 2 rings (SSSR count). The molecule has 0 radical (unpaired) electrons. The highest BCUT2D eigenvalue weighted by molar-refractivity contribution is 6.36. The lowest BCUT2D eigenvalue weighted by Crippen LogP contribution is -2.13. The molecule has 0 saturated heterocycles. The minimum absolute atomic E-state index is 0.0270. The topological polar surface area (TPSA) is 73.1 Å². The van der Waals surface area contributed by atoms with Crippen molar-refractivity contribution in [1.29, 1.82) is 5.26 Å². The Labute approximate surface area is 147 Å². The molecule has 0 aliphatic carbocycles. The van der Waals surface area contributed by atoms with Crippen LogP contribution in [-0.2, 0) is 4.79 Å². The fourth-order valence-electron chi connectivity index (χ4n) is 1.73. The van der Waals surface area contributed by atoms with Gasteiger partial charge in [0.25, 0.3) is 5.91 Å². The largest absolute Gasteiger partial charge is 0.506 e. The maximum absolute atomic E-state index is 12.1. The van der Waals surface area contributed by atoms with Crippen molar-refractivity contribution >= 4 is 52.5 Å². The Morgan fingerprint density at radius 1 is 1.13 bits per heavy atom. The van der Waals surface area contributed by atoms with Gasteiger partial charge in [0.1, 0.15) is 17.4 Å². The van der Waals surface area contributed by atoms with Gasteiger partial charge in [0, 0.05) is 21.3 Å². The van der Waals surface area contributed by atoms with Crippen molar-refractivity contribution < 1.29 is 9.90 Å². The van der Waals surface area contributed by atoms with Crippen molar-refractivity contribution in [2.24, 2.45) is 0 Å². The summed E-state index contributed by atoms with van der Waals surface area (Å²) in [7, 11) is 0. The van der Waals surface area contributed by atoms with Crippen LogP contribution < -0.4 is 5.32 Å². The second kappa shape index (κ2) is 7.38. The maximum Gasteiger partial charge on any atom is 0.266 e. The van der Waals surface area contributed by atoms with Gasteiger partial charge in [-0.15, -0.1) is 0 Å². The molecule has 23 heavy (non-hydrogen) atoms. The van der Waals surface area contributed by atoms with Gasteiger partial charge in [-0.1, -0.05) is 34.8 Å². The number of anilines is 1. The fraction of sp³-hybridized carbons (Fsp3) is 0. The second-order valence-electron chi connectivity index (χ2n) is 4.46. The first-order valence-corrected chi connectivity index (χ1v) is 7.41. The van der Waals surface area contributed by atoms with E-state index < -0.39 is 5.91 Å². The summed E-state index contributed by atoms with van der Waals surface area (Å²) in [5.41, 5.74) is 0.438. The lowest BCUT2D eigenvalue weighted by molar-refractivity contribution is -0.112. The molecule has 4 nitrogen and oxygen atoms in total. The van der Waals surface area contributed by atoms with Gasteiger partial charge in [0.15, 0.2) is 0 Å². The summed E-state index contributed by atoms with van der Waals surface area (Å²) in [4.78, 5) is 12.1. The van der Waals surface area contributed by atoms with Crippen LogP contribution in [0.2, 0.25) is 15.1 Å². The molecule has 0 aliphatic heterocycles. The van der Waals surface area contributed by atoms with Gasteiger partial charge in [0.05, 0.1) is 5.02 Å². The van der Waals surface area contributed by atoms with Gasteiger partial charge in [-0.3, -0.25) is 4.79 Å². The van der Waals surface area contributed by atoms with Crippen molar-refractivity contribution in [2.75, 3.05) is 5.32 Å². The molecule has 0 fully saturated rings. The number of hydrogen-bond donors (Lipinski definition) is 2. The Morgan fingerprint density at radius 3 is 2.39 bits per heavy atom. The number of hydrogen-bond acceptors (Lipinski definition) is 3. The van der Waals surface area contributed by atoms with Crippen molar-refractivity contribution in [3.05, 3.63) is 62.6 Å². The fourth-order valence-corrected chi connectivity index (χ4v) is 2.37. The zero-order chi connectivity index (χ0) is 17.0. The van der Waals surface area contributed by atoms with E-state index in [1.54, 1.807) is 30.3 Å². The summed E-state index contributed by atoms with van der Waals surface area (Å²) in [5, 5.41) is 22.4. The zero-order valence-electron chi connectivity index (χ0n) is 11.5. The molecule has 0 aliphatic rings. The summed E-state index contributed by atoms with van der Waals surface area (Å²) in [6.07, 6.45) is 1.21. The zero-order valence-corrected chi connectivity index (χ0v) is 13.7. The molecule has 7 heteroatoms. The van der Waals surface area contributed by atoms with Crippen molar-refractivity contribution in [2.45, 2.75) is 0 Å². The number of nitrogens with one attached hydrogen (secondary N) is 1. The first-order valence-electron chi connectivity index (χ1n) is 6.27. The first-order chi connectivity index (χ1) is 10.9. The number of phenolic OH excluding ortho intramolecular Hbond substituents is 1. The maximum atomic E-state index is 12.1. The van der Waals surface area contributed by atoms with Crippen molar-refractivity contribution in [3.8, 4) is 11.8 Å². The quantitative estimate of drug-likeness (QED) is 0.598. The highest BCUT2D eigenvalue weighted by Gasteiger charge is 2.13. The first kappa shape index (κ1) is 17.2. The molecule has 0 unspecified atom stereocenters. The Kier molecular flexibility index (Phi) is 5.51. The summed E-state index contributed by atoms with van der Waals surface area (Å²) in [6.45, 7) is 0. The second-order valence-corrected chi connectivity index (χ2v) is 5.74. The molecule has 0 aromatic heterocycles. The smallest absolute Gasteiger partial charge is 0.266 e. The minimum atomic E-state index is -0.634. The van der Waals surface area contributed by atoms with Gasteiger partial charge in [-0.25, -0.2) is 0 Å². The molecule has 2 aromatic carbocycles. The molecule has 0 saturated carbocycles. The molecule has 2 aromatic rings. The molecule has 0 atom stereocenters. The number of carbonyl (C=O) groups excluding carboxylic acids is 1. The Hall–Kier alpha value is -2.19. The van der Waals surface area contributed by atoms with E-state index in [4.69, 9.17) is 40.1 Å². The molecule has 0 spiro atoms. The van der Waals surface area contributed by atoms with Gasteiger partial charge in [-0.05, 0) is 42.5 Å². The highest BCUT2D eigenvalue weighted by atomic mass is 35.5. The van der Waals surface area contributed by atoms with Gasteiger partial charge in [0.2, 0.25) is 0 Å². The Morgan fingerprint density at radius 2 is 1.78 bits per heavy atom. The van der Waals surface area contributed by atoms with E-state index in [0.29, 0.717) is 10.7 Å². The van der Waals surface area contributed by atoms with Crippen molar-refractivity contribution in [1.82, 2.24) is 0 Å². The number of carbonyl (C=O) groups is 1. The van der Waals surface area contributed by atoms with Crippen LogP contribution in [-0.4, -0.2) is 11.0 Å². The van der Waals surface area contributed by atoms with Gasteiger partial charge in [-0.2, -0.15) is 5.26 Å². The number of benzene rings is 2. The van der Waals surface area contributed by atoms with E-state index in [-0.39, 0.29) is 26.9 Å². The van der Waals surface area contributed by atoms with E-state index >= 15 is 0 Å². The summed E-state index contributed by atoms with van der Waals surface area (Å²) in [5.74, 6) is -0.895. The van der Waals surface area contributed by atoms with Crippen LogP contribution in [0.3, 0.4) is 0 Å². The number of rotatable bonds is 3. The third-order valence-corrected chi connectivity index (χ3v) is 3.58. The SMILES string of the molecule is N#CC(=Cc1cc(Cl)cc(Cl)c1O)C(=O)Nc1ccc(Cl)cc1. The third-order valence-electron chi connectivity index (χ3n) is 2.82. The minimum Gasteiger partial charge on any atom is -0.506 e. The predicted molar refractivity (Wildman–Crippen MR) is 91.8 cm³/mol. The van der Waals surface area contributed by atoms with Gasteiger partial charge >= 0.3 is 0 Å². The number of nitriles is 1. The molecule has 0 heterocycles. The van der Waals surface area contributed by atoms with Crippen LogP contribution in [0.15, 0.2) is 42.0 Å². The molecule has 0 bridgehead atoms. The van der Waals surface area contributed by atoms with Crippen LogP contribution >= 0.6 is 34.8 Å². The molecule has 1 amide bonds. The Bertz CT molecular complexity index is 824. The Balaban J connectivity index is 2.30. The van der Waals surface area contributed by atoms with Crippen LogP contribution in [0.1, 0.15) is 5.56 Å². The van der Waals surface area contributed by atoms with Crippen LogP contribution in [0, 0.1) is 11.3 Å². The summed E-state index contributed by atoms with van der Waals surface area (Å²) in [6, 6.07) is 10.9. The number of nitrogens with zero attached hydrogens (tertiary/aromatic N) is 1. The van der Waals surface area contributed by atoms with E-state index in [2.05, 4.69) is 5.32 Å². The molecule has 2 N–H and O–H groups in total. The van der Waals surface area contributed by atoms with Crippen LogP contribution in [0.4, 0.5) is 5.69 Å².